The predicted molar refractivity (Wildman–Crippen MR) is 83.5 cm³/mol. The lowest BCUT2D eigenvalue weighted by molar-refractivity contribution is 0.211. The van der Waals surface area contributed by atoms with Crippen LogP contribution in [0, 0.1) is 0 Å². The summed E-state index contributed by atoms with van der Waals surface area (Å²) >= 11 is 11.6. The average Bonchev–Trinajstić information content (AvgIpc) is 2.48. The molecule has 4 nitrogen and oxygen atoms in total. The maximum Gasteiger partial charge on any atom is 0.344 e. The summed E-state index contributed by atoms with van der Waals surface area (Å²) in [5.74, 6) is 0.782. The fourth-order valence-corrected chi connectivity index (χ4v) is 5.05. The highest BCUT2D eigenvalue weighted by Gasteiger charge is 2.37. The number of nitrogens with one attached hydrogen (secondary N) is 1. The molecule has 0 amide bonds. The van der Waals surface area contributed by atoms with Crippen LogP contribution in [0.2, 0.25) is 0 Å². The second-order valence-corrected chi connectivity index (χ2v) is 7.45. The molecule has 0 bridgehead atoms. The summed E-state index contributed by atoms with van der Waals surface area (Å²) in [6.07, 6.45) is 0.795. The molecule has 1 aliphatic rings. The van der Waals surface area contributed by atoms with Gasteiger partial charge in [0, 0.05) is 30.9 Å². The molecule has 0 aliphatic carbocycles. The van der Waals surface area contributed by atoms with E-state index in [1.165, 1.54) is 0 Å². The molecular weight excluding hydrogens is 318 g/mol. The zero-order valence-electron chi connectivity index (χ0n) is 11.2. The van der Waals surface area contributed by atoms with Gasteiger partial charge in [-0.05, 0) is 12.0 Å². The normalized spacial score (nSPS) is 26.9. The van der Waals surface area contributed by atoms with Gasteiger partial charge in [-0.3, -0.25) is 4.57 Å². The van der Waals surface area contributed by atoms with Gasteiger partial charge in [0.25, 0.3) is 0 Å². The molecule has 1 heterocycles. The van der Waals surface area contributed by atoms with Crippen molar-refractivity contribution >= 4 is 30.9 Å². The van der Waals surface area contributed by atoms with E-state index in [4.69, 9.17) is 27.7 Å². The summed E-state index contributed by atoms with van der Waals surface area (Å²) in [7, 11) is -3.06. The van der Waals surface area contributed by atoms with E-state index in [-0.39, 0.29) is 6.04 Å². The van der Waals surface area contributed by atoms with E-state index in [2.05, 4.69) is 5.09 Å². The van der Waals surface area contributed by atoms with Crippen molar-refractivity contribution in [2.75, 3.05) is 31.5 Å². The van der Waals surface area contributed by atoms with Gasteiger partial charge in [-0.25, -0.2) is 9.76 Å². The number of alkyl halides is 2. The van der Waals surface area contributed by atoms with Crippen molar-refractivity contribution in [3.8, 4) is 0 Å². The minimum Gasteiger partial charge on any atom is -0.306 e. The van der Waals surface area contributed by atoms with Crippen LogP contribution in [0.3, 0.4) is 0 Å². The standard InChI is InChI=1S/C13H19Cl2N2O2P/c14-7-9-17(10-8-15)20(18)16-13(6-11-19-20)12-4-2-1-3-5-12/h1-5,13H,6-11H2,(H,16,18)/t13-,20+/m1/s1. The van der Waals surface area contributed by atoms with Crippen molar-refractivity contribution in [1.29, 1.82) is 0 Å². The third-order valence-electron chi connectivity index (χ3n) is 3.25. The molecule has 0 unspecified atom stereocenters. The van der Waals surface area contributed by atoms with Gasteiger partial charge >= 0.3 is 7.67 Å². The monoisotopic (exact) mass is 336 g/mol. The van der Waals surface area contributed by atoms with Crippen LogP contribution in [-0.2, 0) is 9.09 Å². The van der Waals surface area contributed by atoms with Crippen LogP contribution in [-0.4, -0.2) is 36.1 Å². The molecule has 7 heteroatoms. The van der Waals surface area contributed by atoms with E-state index in [1.807, 2.05) is 30.3 Å². The summed E-state index contributed by atoms with van der Waals surface area (Å²) in [6.45, 7) is 1.44. The summed E-state index contributed by atoms with van der Waals surface area (Å²) in [5.41, 5.74) is 1.12. The predicted octanol–water partition coefficient (Wildman–Crippen LogP) is 3.63. The number of nitrogens with zero attached hydrogens (tertiary/aromatic N) is 1. The first-order chi connectivity index (χ1) is 9.69. The van der Waals surface area contributed by atoms with Crippen LogP contribution in [0.1, 0.15) is 18.0 Å². The zero-order chi connectivity index (χ0) is 14.4. The summed E-state index contributed by atoms with van der Waals surface area (Å²) in [4.78, 5) is 0. The van der Waals surface area contributed by atoms with Gasteiger partial charge in [0.2, 0.25) is 0 Å². The average molecular weight is 337 g/mol. The van der Waals surface area contributed by atoms with E-state index in [9.17, 15) is 4.57 Å². The minimum absolute atomic E-state index is 0.0314. The Balaban J connectivity index is 2.13. The maximum atomic E-state index is 13.0. The lowest BCUT2D eigenvalue weighted by Crippen LogP contribution is -2.37. The second kappa shape index (κ2) is 7.79. The minimum atomic E-state index is -3.06. The number of benzene rings is 1. The Bertz CT molecular complexity index is 455. The van der Waals surface area contributed by atoms with Crippen molar-refractivity contribution in [3.05, 3.63) is 35.9 Å². The first-order valence-electron chi connectivity index (χ1n) is 6.64. The molecule has 0 spiro atoms. The smallest absolute Gasteiger partial charge is 0.306 e. The fraction of sp³-hybridized carbons (Fsp3) is 0.538. The molecule has 0 saturated carbocycles. The van der Waals surface area contributed by atoms with Crippen molar-refractivity contribution in [2.45, 2.75) is 12.5 Å². The molecule has 1 aromatic carbocycles. The topological polar surface area (TPSA) is 41.6 Å². The SMILES string of the molecule is O=[P@@]1(N(CCCl)CCCl)N[C@@H](c2ccccc2)CCO1. The Labute approximate surface area is 129 Å². The molecule has 2 atom stereocenters. The van der Waals surface area contributed by atoms with Crippen LogP contribution in [0.4, 0.5) is 0 Å². The number of halogens is 2. The van der Waals surface area contributed by atoms with Gasteiger partial charge in [0.05, 0.1) is 6.61 Å². The largest absolute Gasteiger partial charge is 0.344 e. The van der Waals surface area contributed by atoms with E-state index in [0.717, 1.165) is 12.0 Å². The molecular formula is C13H19Cl2N2O2P. The van der Waals surface area contributed by atoms with E-state index < -0.39 is 7.67 Å². The van der Waals surface area contributed by atoms with Crippen LogP contribution in [0.25, 0.3) is 0 Å². The molecule has 112 valence electrons. The highest BCUT2D eigenvalue weighted by atomic mass is 35.5. The highest BCUT2D eigenvalue weighted by Crippen LogP contribution is 2.52. The van der Waals surface area contributed by atoms with Crippen molar-refractivity contribution < 1.29 is 9.09 Å². The molecule has 1 saturated heterocycles. The van der Waals surface area contributed by atoms with E-state index in [0.29, 0.717) is 31.5 Å². The third kappa shape index (κ3) is 3.97. The Morgan fingerprint density at radius 1 is 1.25 bits per heavy atom. The molecule has 0 aromatic heterocycles. The molecule has 0 radical (unpaired) electrons. The van der Waals surface area contributed by atoms with Crippen LogP contribution < -0.4 is 5.09 Å². The van der Waals surface area contributed by atoms with E-state index >= 15 is 0 Å². The third-order valence-corrected chi connectivity index (χ3v) is 5.90. The van der Waals surface area contributed by atoms with Crippen LogP contribution >= 0.6 is 30.9 Å². The fourth-order valence-electron chi connectivity index (χ4n) is 2.25. The Morgan fingerprint density at radius 3 is 2.50 bits per heavy atom. The van der Waals surface area contributed by atoms with Gasteiger partial charge < -0.3 is 4.52 Å². The van der Waals surface area contributed by atoms with E-state index in [1.54, 1.807) is 4.67 Å². The molecule has 20 heavy (non-hydrogen) atoms. The summed E-state index contributed by atoms with van der Waals surface area (Å²) in [6, 6.07) is 10.0. The maximum absolute atomic E-state index is 13.0. The lowest BCUT2D eigenvalue weighted by Gasteiger charge is -2.37. The van der Waals surface area contributed by atoms with Crippen LogP contribution in [0.5, 0.6) is 0 Å². The summed E-state index contributed by atoms with van der Waals surface area (Å²) < 4.78 is 20.2. The van der Waals surface area contributed by atoms with Crippen molar-refractivity contribution in [2.24, 2.45) is 0 Å². The Hall–Kier alpha value is -0.0900. The number of hydrogen-bond donors (Lipinski definition) is 1. The van der Waals surface area contributed by atoms with Gasteiger partial charge in [-0.15, -0.1) is 23.2 Å². The number of hydrogen-bond acceptors (Lipinski definition) is 2. The zero-order valence-corrected chi connectivity index (χ0v) is 13.6. The lowest BCUT2D eigenvalue weighted by atomic mass is 10.1. The first-order valence-corrected chi connectivity index (χ1v) is 9.29. The van der Waals surface area contributed by atoms with Crippen LogP contribution in [0.15, 0.2) is 30.3 Å². The molecule has 1 aliphatic heterocycles. The van der Waals surface area contributed by atoms with Gasteiger partial charge in [0.15, 0.2) is 0 Å². The summed E-state index contributed by atoms with van der Waals surface area (Å²) in [5, 5.41) is 3.16. The highest BCUT2D eigenvalue weighted by molar-refractivity contribution is 7.54. The Kier molecular flexibility index (Phi) is 6.34. The van der Waals surface area contributed by atoms with Crippen molar-refractivity contribution in [1.82, 2.24) is 9.76 Å². The number of rotatable bonds is 6. The van der Waals surface area contributed by atoms with Crippen molar-refractivity contribution in [3.63, 3.8) is 0 Å². The second-order valence-electron chi connectivity index (χ2n) is 4.57. The molecule has 1 fully saturated rings. The van der Waals surface area contributed by atoms with Gasteiger partial charge in [-0.1, -0.05) is 30.3 Å². The Morgan fingerprint density at radius 2 is 1.90 bits per heavy atom. The van der Waals surface area contributed by atoms with Gasteiger partial charge in [0.1, 0.15) is 0 Å². The molecule has 2 rings (SSSR count). The first kappa shape index (κ1) is 16.3. The quantitative estimate of drug-likeness (QED) is 0.636. The van der Waals surface area contributed by atoms with Gasteiger partial charge in [-0.2, -0.15) is 0 Å². The molecule has 1 N–H and O–H groups in total. The molecule has 1 aromatic rings.